The summed E-state index contributed by atoms with van der Waals surface area (Å²) in [6.45, 7) is 9.40. The zero-order valence-corrected chi connectivity index (χ0v) is 42.2. The van der Waals surface area contributed by atoms with Crippen molar-refractivity contribution in [2.45, 2.75) is 13.8 Å². The van der Waals surface area contributed by atoms with Crippen LogP contribution in [0.2, 0.25) is 15.2 Å². The second-order valence-electron chi connectivity index (χ2n) is 15.7. The maximum absolute atomic E-state index is 13.7. The number of rotatable bonds is 7. The van der Waals surface area contributed by atoms with Crippen LogP contribution in [-0.2, 0) is 18.9 Å². The lowest BCUT2D eigenvalue weighted by molar-refractivity contribution is 0.0523. The summed E-state index contributed by atoms with van der Waals surface area (Å²) >= 11 is 21.4. The molecule has 2 saturated heterocycles. The zero-order chi connectivity index (χ0) is 51.1. The lowest BCUT2D eigenvalue weighted by Gasteiger charge is -2.33. The van der Waals surface area contributed by atoms with Gasteiger partial charge in [0.2, 0.25) is 13.6 Å². The first-order chi connectivity index (χ1) is 35.5. The summed E-state index contributed by atoms with van der Waals surface area (Å²) in [6, 6.07) is 9.37. The molecule has 0 radical (unpaired) electrons. The van der Waals surface area contributed by atoms with Crippen molar-refractivity contribution in [3.63, 3.8) is 0 Å². The first-order valence-electron chi connectivity index (χ1n) is 22.3. The van der Waals surface area contributed by atoms with Gasteiger partial charge in [0, 0.05) is 26.2 Å². The number of urea groups is 2. The predicted molar refractivity (Wildman–Crippen MR) is 270 cm³/mol. The molecule has 73 heavy (non-hydrogen) atoms. The molecule has 0 unspecified atom stereocenters. The van der Waals surface area contributed by atoms with Crippen LogP contribution in [0.4, 0.5) is 49.5 Å². The SMILES string of the molecule is C1COCCN1.CCOC(=O)c1sc2nc(Cl)c(C#N)c3c2c1NC(=O)N3c1c(Cl)ccc2c1OCO2.CCOC(=O)c1sc2nc(N3CCOCC3)c(C#N)c3c2c1NC(=O)N3c1c(Cl)ccc2c1OCO2. The number of benzene rings is 2. The second-order valence-corrected chi connectivity index (χ2v) is 18.8. The lowest BCUT2D eigenvalue weighted by Crippen LogP contribution is -2.39. The van der Waals surface area contributed by atoms with Gasteiger partial charge in [0.15, 0.2) is 34.0 Å². The molecular weight excluding hydrogens is 1060 g/mol. The molecule has 4 aromatic heterocycles. The molecule has 0 spiro atoms. The summed E-state index contributed by atoms with van der Waals surface area (Å²) in [5.41, 5.74) is 1.40. The molecule has 4 amide bonds. The van der Waals surface area contributed by atoms with Gasteiger partial charge in [-0.05, 0) is 38.1 Å². The third-order valence-corrected chi connectivity index (χ3v) is 14.6. The van der Waals surface area contributed by atoms with E-state index in [9.17, 15) is 29.7 Å². The number of hydrogen-bond acceptors (Lipinski definition) is 20. The molecule has 27 heteroatoms. The number of pyridine rings is 2. The number of nitrogens with zero attached hydrogens (tertiary/aromatic N) is 7. The summed E-state index contributed by atoms with van der Waals surface area (Å²) in [5.74, 6) is 0.531. The molecule has 0 aliphatic carbocycles. The van der Waals surface area contributed by atoms with Gasteiger partial charge < -0.3 is 58.7 Å². The van der Waals surface area contributed by atoms with E-state index in [0.717, 1.165) is 49.0 Å². The number of thiophene rings is 2. The summed E-state index contributed by atoms with van der Waals surface area (Å²) in [5, 5.41) is 29.9. The number of aromatic nitrogens is 2. The van der Waals surface area contributed by atoms with Gasteiger partial charge in [0.25, 0.3) is 0 Å². The fourth-order valence-corrected chi connectivity index (χ4v) is 11.3. The number of morpholine rings is 2. The Morgan fingerprint density at radius 2 is 1.16 bits per heavy atom. The summed E-state index contributed by atoms with van der Waals surface area (Å²) in [7, 11) is 0. The van der Waals surface area contributed by atoms with Crippen LogP contribution in [0.25, 0.3) is 20.4 Å². The summed E-state index contributed by atoms with van der Waals surface area (Å²) in [4.78, 5) is 66.9. The van der Waals surface area contributed by atoms with Gasteiger partial charge in [-0.1, -0.05) is 34.8 Å². The highest BCUT2D eigenvalue weighted by Gasteiger charge is 2.42. The minimum absolute atomic E-state index is 0.0370. The van der Waals surface area contributed by atoms with Crippen LogP contribution in [-0.4, -0.2) is 113 Å². The third-order valence-electron chi connectivity index (χ3n) is 11.6. The number of amides is 4. The molecule has 376 valence electrons. The Morgan fingerprint density at radius 3 is 1.62 bits per heavy atom. The Kier molecular flexibility index (Phi) is 14.1. The lowest BCUT2D eigenvalue weighted by atomic mass is 10.1. The molecule has 2 fully saturated rings. The number of anilines is 7. The average molecular weight is 1090 g/mol. The van der Waals surface area contributed by atoms with E-state index in [-0.39, 0.29) is 109 Å². The van der Waals surface area contributed by atoms with Crippen molar-refractivity contribution in [3.05, 3.63) is 60.3 Å². The molecule has 10 heterocycles. The molecule has 2 aromatic carbocycles. The number of ether oxygens (including phenoxy) is 8. The van der Waals surface area contributed by atoms with Crippen LogP contribution in [0.1, 0.15) is 44.3 Å². The van der Waals surface area contributed by atoms with E-state index in [4.69, 9.17) is 77.7 Å². The van der Waals surface area contributed by atoms with Crippen LogP contribution in [0, 0.1) is 22.7 Å². The number of nitriles is 2. The van der Waals surface area contributed by atoms with Gasteiger partial charge in [-0.2, -0.15) is 10.5 Å². The monoisotopic (exact) mass is 1090 g/mol. The molecule has 6 aliphatic rings. The van der Waals surface area contributed by atoms with Gasteiger partial charge in [0.1, 0.15) is 54.1 Å². The fraction of sp³-hybridized carbons (Fsp3) is 0.304. The maximum Gasteiger partial charge on any atom is 0.350 e. The van der Waals surface area contributed by atoms with Crippen LogP contribution in [0.15, 0.2) is 24.3 Å². The fourth-order valence-electron chi connectivity index (χ4n) is 8.51. The van der Waals surface area contributed by atoms with Crippen molar-refractivity contribution in [2.75, 3.05) is 105 Å². The first kappa shape index (κ1) is 49.4. The minimum Gasteiger partial charge on any atom is -0.462 e. The number of halogens is 3. The molecule has 6 aromatic rings. The molecule has 0 bridgehead atoms. The normalized spacial score (nSPS) is 15.8. The molecule has 0 atom stereocenters. The average Bonchev–Trinajstić information content (AvgIpc) is 4.23. The quantitative estimate of drug-likeness (QED) is 0.0995. The predicted octanol–water partition coefficient (Wildman–Crippen LogP) is 8.92. The standard InChI is InChI=1S/C23H18ClN5O6S.C19H10Cl2N4O5S.C4H9NO/c1-2-33-22(30)19-15-14-16(11(9-25)20(27-21(14)36-19)28-5-7-32-8-6-28)29(23(31)26-15)17-12(24)3-4-13-18(17)35-10-34-13;1-2-28-18(26)15-11-10-12(7(5-22)16(21)24-17(10)31-15)25(19(27)23-11)13-8(20)3-4-9-14(13)30-6-29-9;1-3-6-4-2-5-1/h3-4H,2,5-8,10H2,1H3,(H,26,31);3-4H,2,6H2,1H3,(H,23,27);5H,1-4H2. The highest BCUT2D eigenvalue weighted by atomic mass is 35.5. The molecule has 6 aliphatic heterocycles. The minimum atomic E-state index is -0.665. The van der Waals surface area contributed by atoms with Gasteiger partial charge in [-0.15, -0.1) is 22.7 Å². The summed E-state index contributed by atoms with van der Waals surface area (Å²) in [6.07, 6.45) is 0. The zero-order valence-electron chi connectivity index (χ0n) is 38.3. The van der Waals surface area contributed by atoms with Gasteiger partial charge in [-0.25, -0.2) is 29.1 Å². The van der Waals surface area contributed by atoms with E-state index in [1.807, 2.05) is 11.0 Å². The first-order valence-corrected chi connectivity index (χ1v) is 25.1. The van der Waals surface area contributed by atoms with Gasteiger partial charge >= 0.3 is 24.0 Å². The Morgan fingerprint density at radius 1 is 0.685 bits per heavy atom. The van der Waals surface area contributed by atoms with Gasteiger partial charge in [0.05, 0.1) is 83.2 Å². The molecular formula is C46H37Cl3N10O12S2. The molecule has 3 N–H and O–H groups in total. The largest absolute Gasteiger partial charge is 0.462 e. The highest BCUT2D eigenvalue weighted by Crippen LogP contribution is 2.56. The third kappa shape index (κ3) is 8.78. The second kappa shape index (κ2) is 20.8. The number of carbonyl (C=O) groups is 4. The Hall–Kier alpha value is -7.13. The van der Waals surface area contributed by atoms with E-state index in [1.165, 1.54) is 9.80 Å². The van der Waals surface area contributed by atoms with Crippen LogP contribution in [0.3, 0.4) is 0 Å². The number of nitrogens with one attached hydrogen (secondary N) is 3. The van der Waals surface area contributed by atoms with Crippen molar-refractivity contribution in [1.82, 2.24) is 15.3 Å². The van der Waals surface area contributed by atoms with Gasteiger partial charge in [-0.3, -0.25) is 9.80 Å². The van der Waals surface area contributed by atoms with Crippen LogP contribution in [0.5, 0.6) is 23.0 Å². The van der Waals surface area contributed by atoms with E-state index in [2.05, 4.69) is 27.0 Å². The van der Waals surface area contributed by atoms with Crippen LogP contribution >= 0.6 is 57.5 Å². The molecule has 0 saturated carbocycles. The Balaban J connectivity index is 0.000000151. The van der Waals surface area contributed by atoms with Crippen molar-refractivity contribution in [2.24, 2.45) is 0 Å². The highest BCUT2D eigenvalue weighted by molar-refractivity contribution is 7.21. The summed E-state index contributed by atoms with van der Waals surface area (Å²) < 4.78 is 42.9. The molecule has 22 nitrogen and oxygen atoms in total. The number of esters is 2. The van der Waals surface area contributed by atoms with Crippen molar-refractivity contribution >= 4 is 142 Å². The van der Waals surface area contributed by atoms with Crippen molar-refractivity contribution in [3.8, 4) is 35.1 Å². The smallest absolute Gasteiger partial charge is 0.350 e. The van der Waals surface area contributed by atoms with Crippen LogP contribution < -0.4 is 49.6 Å². The topological polar surface area (TPSA) is 261 Å². The maximum atomic E-state index is 13.7. The van der Waals surface area contributed by atoms with E-state index in [0.29, 0.717) is 64.1 Å². The Bertz CT molecular complexity index is 3360. The van der Waals surface area contributed by atoms with E-state index in [1.54, 1.807) is 38.1 Å². The molecule has 12 rings (SSSR count). The van der Waals surface area contributed by atoms with Crippen molar-refractivity contribution in [1.29, 1.82) is 10.5 Å². The number of hydrogen-bond donors (Lipinski definition) is 3. The number of carbonyl (C=O) groups excluding carboxylic acids is 4. The Labute approximate surface area is 436 Å². The van der Waals surface area contributed by atoms with Crippen molar-refractivity contribution < 1.29 is 57.1 Å². The van der Waals surface area contributed by atoms with E-state index < -0.39 is 24.0 Å². The number of fused-ring (bicyclic) bond motifs is 2. The van der Waals surface area contributed by atoms with E-state index >= 15 is 0 Å².